The van der Waals surface area contributed by atoms with Crippen LogP contribution in [0.3, 0.4) is 0 Å². The number of halogens is 3. The molecular weight excluding hydrogens is 562 g/mol. The van der Waals surface area contributed by atoms with Crippen molar-refractivity contribution < 1.29 is 14.3 Å². The van der Waals surface area contributed by atoms with E-state index < -0.39 is 6.03 Å². The fourth-order valence-corrected chi connectivity index (χ4v) is 3.78. The van der Waals surface area contributed by atoms with E-state index in [0.717, 1.165) is 15.6 Å². The molecule has 0 aliphatic heterocycles. The van der Waals surface area contributed by atoms with E-state index in [1.54, 1.807) is 19.2 Å². The third-order valence-corrected chi connectivity index (χ3v) is 6.22. The number of anilines is 1. The molecule has 0 aliphatic rings. The van der Waals surface area contributed by atoms with E-state index in [-0.39, 0.29) is 0 Å². The zero-order valence-electron chi connectivity index (χ0n) is 17.3. The largest absolute Gasteiger partial charge is 0.493 e. The SMILES string of the molecule is COc1cc(/C=N\NC(=O)Nc2ccc(Br)c(C)c2)cc(Br)c1OCc1ccccc1Cl. The maximum atomic E-state index is 12.1. The first kappa shape index (κ1) is 24.1. The van der Waals surface area contributed by atoms with Crippen molar-refractivity contribution in [2.24, 2.45) is 5.10 Å². The van der Waals surface area contributed by atoms with Gasteiger partial charge in [0.2, 0.25) is 0 Å². The van der Waals surface area contributed by atoms with Crippen LogP contribution in [0.2, 0.25) is 5.02 Å². The topological polar surface area (TPSA) is 72.0 Å². The normalized spacial score (nSPS) is 10.8. The number of methoxy groups -OCH3 is 1. The summed E-state index contributed by atoms with van der Waals surface area (Å²) in [5.74, 6) is 1.06. The van der Waals surface area contributed by atoms with Gasteiger partial charge >= 0.3 is 6.03 Å². The monoisotopic (exact) mass is 579 g/mol. The molecule has 0 spiro atoms. The van der Waals surface area contributed by atoms with Crippen LogP contribution >= 0.6 is 43.5 Å². The van der Waals surface area contributed by atoms with Crippen LogP contribution < -0.4 is 20.2 Å². The van der Waals surface area contributed by atoms with Crippen molar-refractivity contribution in [2.45, 2.75) is 13.5 Å². The van der Waals surface area contributed by atoms with E-state index in [1.807, 2.05) is 49.4 Å². The molecule has 166 valence electrons. The first-order chi connectivity index (χ1) is 15.4. The Kier molecular flexibility index (Phi) is 8.55. The Hall–Kier alpha value is -2.55. The Morgan fingerprint density at radius 3 is 2.62 bits per heavy atom. The molecule has 2 N–H and O–H groups in total. The van der Waals surface area contributed by atoms with Crippen molar-refractivity contribution >= 4 is 61.4 Å². The fraction of sp³-hybridized carbons (Fsp3) is 0.130. The first-order valence-corrected chi connectivity index (χ1v) is 11.4. The third-order valence-electron chi connectivity index (χ3n) is 4.38. The van der Waals surface area contributed by atoms with Gasteiger partial charge in [0, 0.05) is 20.7 Å². The van der Waals surface area contributed by atoms with Gasteiger partial charge in [-0.25, -0.2) is 10.2 Å². The number of hydrazone groups is 1. The smallest absolute Gasteiger partial charge is 0.339 e. The number of urea groups is 1. The van der Waals surface area contributed by atoms with Crippen LogP contribution in [0.15, 0.2) is 68.6 Å². The van der Waals surface area contributed by atoms with E-state index in [0.29, 0.717) is 38.9 Å². The molecule has 2 amide bonds. The number of hydrogen-bond donors (Lipinski definition) is 2. The summed E-state index contributed by atoms with van der Waals surface area (Å²) in [5.41, 5.74) is 5.70. The molecule has 0 bridgehead atoms. The summed E-state index contributed by atoms with van der Waals surface area (Å²) in [6.45, 7) is 2.23. The van der Waals surface area contributed by atoms with Gasteiger partial charge in [0.05, 0.1) is 17.8 Å². The zero-order valence-corrected chi connectivity index (χ0v) is 21.2. The Bertz CT molecular complexity index is 1160. The van der Waals surface area contributed by atoms with Crippen molar-refractivity contribution in [2.75, 3.05) is 12.4 Å². The average molecular weight is 582 g/mol. The molecule has 0 saturated heterocycles. The Labute approximate surface area is 208 Å². The van der Waals surface area contributed by atoms with Gasteiger partial charge in [0.1, 0.15) is 6.61 Å². The van der Waals surface area contributed by atoms with Gasteiger partial charge in [0.15, 0.2) is 11.5 Å². The van der Waals surface area contributed by atoms with Crippen LogP contribution in [0.1, 0.15) is 16.7 Å². The summed E-state index contributed by atoms with van der Waals surface area (Å²) in [7, 11) is 1.55. The second-order valence-electron chi connectivity index (χ2n) is 6.70. The predicted molar refractivity (Wildman–Crippen MR) is 135 cm³/mol. The highest BCUT2D eigenvalue weighted by Crippen LogP contribution is 2.37. The highest BCUT2D eigenvalue weighted by Gasteiger charge is 2.12. The number of amides is 2. The number of carbonyl (C=O) groups is 1. The standard InChI is InChI=1S/C23H20Br2ClN3O3/c1-14-9-17(7-8-18(14)24)28-23(30)29-27-12-15-10-19(25)22(21(11-15)31-2)32-13-16-5-3-4-6-20(16)26/h3-12H,13H2,1-2H3,(H2,28,29,30)/b27-12-. The van der Waals surface area contributed by atoms with Crippen LogP contribution in [-0.2, 0) is 6.61 Å². The molecule has 0 heterocycles. The Morgan fingerprint density at radius 2 is 1.91 bits per heavy atom. The summed E-state index contributed by atoms with van der Waals surface area (Å²) < 4.78 is 13.0. The zero-order chi connectivity index (χ0) is 23.1. The number of benzene rings is 3. The molecule has 0 aliphatic carbocycles. The lowest BCUT2D eigenvalue weighted by molar-refractivity contribution is 0.252. The van der Waals surface area contributed by atoms with Gasteiger partial charge in [-0.2, -0.15) is 5.10 Å². The van der Waals surface area contributed by atoms with Crippen molar-refractivity contribution in [3.63, 3.8) is 0 Å². The van der Waals surface area contributed by atoms with Crippen LogP contribution in [0, 0.1) is 6.92 Å². The van der Waals surface area contributed by atoms with Gasteiger partial charge in [-0.15, -0.1) is 0 Å². The molecule has 32 heavy (non-hydrogen) atoms. The van der Waals surface area contributed by atoms with Crippen LogP contribution in [-0.4, -0.2) is 19.4 Å². The minimum absolute atomic E-state index is 0.291. The average Bonchev–Trinajstić information content (AvgIpc) is 2.76. The van der Waals surface area contributed by atoms with Crippen molar-refractivity contribution in [1.82, 2.24) is 5.43 Å². The lowest BCUT2D eigenvalue weighted by Gasteiger charge is -2.14. The van der Waals surface area contributed by atoms with Gasteiger partial charge in [-0.1, -0.05) is 45.7 Å². The highest BCUT2D eigenvalue weighted by atomic mass is 79.9. The molecule has 0 unspecified atom stereocenters. The molecule has 0 saturated carbocycles. The summed E-state index contributed by atoms with van der Waals surface area (Å²) in [6.07, 6.45) is 1.51. The van der Waals surface area contributed by atoms with E-state index >= 15 is 0 Å². The van der Waals surface area contributed by atoms with Crippen molar-refractivity contribution in [3.8, 4) is 11.5 Å². The number of hydrogen-bond acceptors (Lipinski definition) is 4. The van der Waals surface area contributed by atoms with E-state index in [2.05, 4.69) is 47.7 Å². The Balaban J connectivity index is 1.64. The maximum Gasteiger partial charge on any atom is 0.339 e. The van der Waals surface area contributed by atoms with Crippen LogP contribution in [0.4, 0.5) is 10.5 Å². The van der Waals surface area contributed by atoms with Crippen molar-refractivity contribution in [1.29, 1.82) is 0 Å². The van der Waals surface area contributed by atoms with Crippen molar-refractivity contribution in [3.05, 3.63) is 85.3 Å². The van der Waals surface area contributed by atoms with Gasteiger partial charge in [0.25, 0.3) is 0 Å². The summed E-state index contributed by atoms with van der Waals surface area (Å²) >= 11 is 13.1. The molecule has 0 aromatic heterocycles. The van der Waals surface area contributed by atoms with Crippen LogP contribution in [0.25, 0.3) is 0 Å². The number of aryl methyl sites for hydroxylation is 1. The maximum absolute atomic E-state index is 12.1. The minimum Gasteiger partial charge on any atom is -0.493 e. The number of ether oxygens (including phenoxy) is 2. The molecular formula is C23H20Br2ClN3O3. The molecule has 0 radical (unpaired) electrons. The van der Waals surface area contributed by atoms with E-state index in [4.69, 9.17) is 21.1 Å². The second-order valence-corrected chi connectivity index (χ2v) is 8.82. The molecule has 3 aromatic rings. The van der Waals surface area contributed by atoms with Crippen LogP contribution in [0.5, 0.6) is 11.5 Å². The summed E-state index contributed by atoms with van der Waals surface area (Å²) in [5, 5.41) is 7.36. The summed E-state index contributed by atoms with van der Waals surface area (Å²) in [6, 6.07) is 16.1. The first-order valence-electron chi connectivity index (χ1n) is 9.47. The summed E-state index contributed by atoms with van der Waals surface area (Å²) in [4.78, 5) is 12.1. The molecule has 3 rings (SSSR count). The fourth-order valence-electron chi connectivity index (χ4n) is 2.77. The van der Waals surface area contributed by atoms with Gasteiger partial charge in [-0.05, 0) is 70.4 Å². The quantitative estimate of drug-likeness (QED) is 0.235. The number of carbonyl (C=O) groups excluding carboxylic acids is 1. The molecule has 6 nitrogen and oxygen atoms in total. The molecule has 3 aromatic carbocycles. The van der Waals surface area contributed by atoms with Gasteiger partial charge < -0.3 is 14.8 Å². The third kappa shape index (κ3) is 6.48. The Morgan fingerprint density at radius 1 is 1.12 bits per heavy atom. The van der Waals surface area contributed by atoms with Gasteiger partial charge in [-0.3, -0.25) is 0 Å². The molecule has 0 atom stereocenters. The lowest BCUT2D eigenvalue weighted by atomic mass is 10.2. The molecule has 0 fully saturated rings. The van der Waals surface area contributed by atoms with E-state index in [9.17, 15) is 4.79 Å². The predicted octanol–water partition coefficient (Wildman–Crippen LogP) is 6.92. The molecule has 9 heteroatoms. The lowest BCUT2D eigenvalue weighted by Crippen LogP contribution is -2.24. The minimum atomic E-state index is -0.450. The number of nitrogens with one attached hydrogen (secondary N) is 2. The number of rotatable bonds is 7. The highest BCUT2D eigenvalue weighted by molar-refractivity contribution is 9.10. The number of nitrogens with zero attached hydrogens (tertiary/aromatic N) is 1. The van der Waals surface area contributed by atoms with E-state index in [1.165, 1.54) is 6.21 Å². The second kappa shape index (κ2) is 11.4.